The second-order valence-corrected chi connectivity index (χ2v) is 4.91. The third-order valence-electron chi connectivity index (χ3n) is 3.31. The number of hydrogen-bond donors (Lipinski definition) is 1. The molecule has 0 saturated heterocycles. The molecule has 0 aliphatic heterocycles. The molecule has 0 atom stereocenters. The molecule has 0 spiro atoms. The molecule has 2 aromatic rings. The first kappa shape index (κ1) is 20.4. The van der Waals surface area contributed by atoms with Gasteiger partial charge >= 0.3 is 0 Å². The minimum absolute atomic E-state index is 0. The molecule has 2 heteroatoms. The van der Waals surface area contributed by atoms with Crippen LogP contribution in [0.5, 0.6) is 0 Å². The number of H-pyrrole nitrogens is 1. The van der Waals surface area contributed by atoms with Crippen molar-refractivity contribution in [3.8, 4) is 11.3 Å². The Balaban J connectivity index is 0. The van der Waals surface area contributed by atoms with Crippen LogP contribution < -0.4 is 0 Å². The van der Waals surface area contributed by atoms with Crippen LogP contribution in [0.3, 0.4) is 0 Å². The predicted octanol–water partition coefficient (Wildman–Crippen LogP) is 6.59. The summed E-state index contributed by atoms with van der Waals surface area (Å²) in [6, 6.07) is 4.44. The SMILES string of the molecule is CC.CC.CCC.Cc1ccc(-c2cnc[nH]2)c2c1CCC2.[HH]. The van der Waals surface area contributed by atoms with Crippen molar-refractivity contribution in [2.75, 3.05) is 0 Å². The molecule has 3 rings (SSSR count). The first-order chi connectivity index (χ1) is 10.8. The zero-order valence-electron chi connectivity index (χ0n) is 15.6. The molecular weight excluding hydrogens is 268 g/mol. The molecule has 0 unspecified atom stereocenters. The number of hydrogen-bond acceptors (Lipinski definition) is 1. The standard InChI is InChI=1S/C13H14N2.C3H8.2C2H6.H2/c1-9-5-6-12(13-7-14-8-15-13)11-4-2-3-10(9)11;1-3-2;2*1-2;/h5-8H,2-4H2,1H3,(H,14,15);3H2,1-2H3;2*1-2H3;1H. The molecule has 1 aliphatic carbocycles. The van der Waals surface area contributed by atoms with Gasteiger partial charge in [-0.15, -0.1) is 0 Å². The van der Waals surface area contributed by atoms with E-state index in [2.05, 4.69) is 42.9 Å². The highest BCUT2D eigenvalue weighted by Gasteiger charge is 2.17. The first-order valence-corrected chi connectivity index (χ1v) is 8.88. The molecule has 126 valence electrons. The van der Waals surface area contributed by atoms with Gasteiger partial charge in [-0.25, -0.2) is 4.98 Å². The molecule has 1 aliphatic rings. The number of nitrogens with zero attached hydrogens (tertiary/aromatic N) is 1. The Morgan fingerprint density at radius 1 is 1.05 bits per heavy atom. The molecule has 22 heavy (non-hydrogen) atoms. The lowest BCUT2D eigenvalue weighted by Gasteiger charge is -2.09. The van der Waals surface area contributed by atoms with Crippen LogP contribution in [0.2, 0.25) is 0 Å². The highest BCUT2D eigenvalue weighted by atomic mass is 14.9. The number of aryl methyl sites for hydroxylation is 1. The van der Waals surface area contributed by atoms with Gasteiger partial charge in [0.05, 0.1) is 18.2 Å². The van der Waals surface area contributed by atoms with Crippen LogP contribution in [0, 0.1) is 6.92 Å². The fourth-order valence-electron chi connectivity index (χ4n) is 2.54. The Hall–Kier alpha value is -1.57. The summed E-state index contributed by atoms with van der Waals surface area (Å²) in [5, 5.41) is 0. The fourth-order valence-corrected chi connectivity index (χ4v) is 2.54. The van der Waals surface area contributed by atoms with Gasteiger partial charge < -0.3 is 4.98 Å². The minimum atomic E-state index is 0. The van der Waals surface area contributed by atoms with Gasteiger partial charge in [0.15, 0.2) is 0 Å². The van der Waals surface area contributed by atoms with E-state index in [4.69, 9.17) is 0 Å². The van der Waals surface area contributed by atoms with E-state index in [0.717, 1.165) is 5.69 Å². The van der Waals surface area contributed by atoms with Crippen molar-refractivity contribution in [1.29, 1.82) is 0 Å². The summed E-state index contributed by atoms with van der Waals surface area (Å²) in [4.78, 5) is 7.28. The Morgan fingerprint density at radius 3 is 2.18 bits per heavy atom. The maximum Gasteiger partial charge on any atom is 0.0924 e. The van der Waals surface area contributed by atoms with Crippen LogP contribution in [-0.2, 0) is 12.8 Å². The monoisotopic (exact) mass is 304 g/mol. The van der Waals surface area contributed by atoms with Crippen molar-refractivity contribution < 1.29 is 1.43 Å². The second-order valence-electron chi connectivity index (χ2n) is 4.91. The number of imidazole rings is 1. The van der Waals surface area contributed by atoms with Crippen molar-refractivity contribution in [2.24, 2.45) is 0 Å². The zero-order chi connectivity index (χ0) is 17.0. The van der Waals surface area contributed by atoms with Gasteiger partial charge in [-0.1, -0.05) is 60.1 Å². The number of benzene rings is 1. The Bertz CT molecular complexity index is 505. The van der Waals surface area contributed by atoms with E-state index in [9.17, 15) is 0 Å². The van der Waals surface area contributed by atoms with Gasteiger partial charge in [0, 0.05) is 6.99 Å². The molecule has 2 nitrogen and oxygen atoms in total. The molecule has 0 saturated carbocycles. The van der Waals surface area contributed by atoms with Crippen LogP contribution >= 0.6 is 0 Å². The van der Waals surface area contributed by atoms with Crippen LogP contribution in [0.15, 0.2) is 24.7 Å². The molecule has 1 heterocycles. The first-order valence-electron chi connectivity index (χ1n) is 8.88. The Labute approximate surface area is 138 Å². The van der Waals surface area contributed by atoms with E-state index in [-0.39, 0.29) is 1.43 Å². The van der Waals surface area contributed by atoms with Gasteiger partial charge in [-0.05, 0) is 42.9 Å². The van der Waals surface area contributed by atoms with Gasteiger partial charge in [-0.2, -0.15) is 0 Å². The summed E-state index contributed by atoms with van der Waals surface area (Å²) < 4.78 is 0. The van der Waals surface area contributed by atoms with Crippen LogP contribution in [0.1, 0.15) is 72.5 Å². The van der Waals surface area contributed by atoms with Crippen LogP contribution in [0.4, 0.5) is 0 Å². The highest BCUT2D eigenvalue weighted by Crippen LogP contribution is 2.33. The number of aromatic amines is 1. The Kier molecular flexibility index (Phi) is 11.2. The maximum absolute atomic E-state index is 4.09. The van der Waals surface area contributed by atoms with Crippen molar-refractivity contribution in [3.05, 3.63) is 41.3 Å². The van der Waals surface area contributed by atoms with Gasteiger partial charge in [-0.3, -0.25) is 0 Å². The minimum Gasteiger partial charge on any atom is -0.345 e. The summed E-state index contributed by atoms with van der Waals surface area (Å²) in [7, 11) is 0. The molecule has 0 radical (unpaired) electrons. The molecular formula is C20H36N2. The summed E-state index contributed by atoms with van der Waals surface area (Å²) in [6.45, 7) is 14.5. The molecule has 1 aromatic heterocycles. The third-order valence-corrected chi connectivity index (χ3v) is 3.31. The molecule has 0 amide bonds. The lowest BCUT2D eigenvalue weighted by molar-refractivity contribution is 0.909. The predicted molar refractivity (Wildman–Crippen MR) is 102 cm³/mol. The van der Waals surface area contributed by atoms with Gasteiger partial charge in [0.1, 0.15) is 0 Å². The number of fused-ring (bicyclic) bond motifs is 1. The summed E-state index contributed by atoms with van der Waals surface area (Å²) in [5.41, 5.74) is 7.01. The van der Waals surface area contributed by atoms with E-state index in [1.165, 1.54) is 42.4 Å². The number of rotatable bonds is 1. The number of nitrogens with one attached hydrogen (secondary N) is 1. The van der Waals surface area contributed by atoms with Crippen molar-refractivity contribution in [1.82, 2.24) is 9.97 Å². The molecule has 1 N–H and O–H groups in total. The molecule has 1 aromatic carbocycles. The van der Waals surface area contributed by atoms with Crippen molar-refractivity contribution in [3.63, 3.8) is 0 Å². The maximum atomic E-state index is 4.09. The Morgan fingerprint density at radius 2 is 1.64 bits per heavy atom. The summed E-state index contributed by atoms with van der Waals surface area (Å²) >= 11 is 0. The van der Waals surface area contributed by atoms with Crippen molar-refractivity contribution in [2.45, 2.75) is 74.1 Å². The zero-order valence-corrected chi connectivity index (χ0v) is 15.6. The van der Waals surface area contributed by atoms with Gasteiger partial charge in [0.2, 0.25) is 0 Å². The van der Waals surface area contributed by atoms with Crippen LogP contribution in [-0.4, -0.2) is 9.97 Å². The molecule has 0 bridgehead atoms. The van der Waals surface area contributed by atoms with Gasteiger partial charge in [0.25, 0.3) is 0 Å². The lowest BCUT2D eigenvalue weighted by Crippen LogP contribution is -1.91. The third kappa shape index (κ3) is 5.32. The number of aromatic nitrogens is 2. The largest absolute Gasteiger partial charge is 0.345 e. The summed E-state index contributed by atoms with van der Waals surface area (Å²) in [6.07, 6.45) is 8.65. The topological polar surface area (TPSA) is 28.7 Å². The lowest BCUT2D eigenvalue weighted by atomic mass is 9.97. The van der Waals surface area contributed by atoms with E-state index in [1.54, 1.807) is 11.9 Å². The van der Waals surface area contributed by atoms with E-state index >= 15 is 0 Å². The fraction of sp³-hybridized carbons (Fsp3) is 0.550. The molecule has 0 fully saturated rings. The highest BCUT2D eigenvalue weighted by molar-refractivity contribution is 5.67. The second kappa shape index (κ2) is 12.0. The van der Waals surface area contributed by atoms with E-state index in [0.29, 0.717) is 0 Å². The summed E-state index contributed by atoms with van der Waals surface area (Å²) in [5.74, 6) is 0. The average Bonchev–Trinajstić information content (AvgIpc) is 3.24. The van der Waals surface area contributed by atoms with Crippen LogP contribution in [0.25, 0.3) is 11.3 Å². The van der Waals surface area contributed by atoms with E-state index in [1.807, 2.05) is 33.9 Å². The smallest absolute Gasteiger partial charge is 0.0924 e. The van der Waals surface area contributed by atoms with Crippen molar-refractivity contribution >= 4 is 0 Å². The normalized spacial score (nSPS) is 11.0. The average molecular weight is 305 g/mol. The van der Waals surface area contributed by atoms with E-state index < -0.39 is 0 Å². The quantitative estimate of drug-likeness (QED) is 0.632.